The van der Waals surface area contributed by atoms with Gasteiger partial charge in [0.15, 0.2) is 5.58 Å². The molecule has 210 valence electrons. The van der Waals surface area contributed by atoms with E-state index in [1.165, 1.54) is 21.9 Å². The highest BCUT2D eigenvalue weighted by atomic mass is 16.3. The van der Waals surface area contributed by atoms with Crippen molar-refractivity contribution in [3.63, 3.8) is 0 Å². The first-order valence-corrected chi connectivity index (χ1v) is 15.3. The molecule has 3 aromatic heterocycles. The van der Waals surface area contributed by atoms with Gasteiger partial charge in [0.1, 0.15) is 16.7 Å². The van der Waals surface area contributed by atoms with Crippen LogP contribution in [0.25, 0.3) is 93.6 Å². The molecule has 45 heavy (non-hydrogen) atoms. The van der Waals surface area contributed by atoms with Gasteiger partial charge < -0.3 is 13.4 Å². The number of furan rings is 2. The van der Waals surface area contributed by atoms with Gasteiger partial charge >= 0.3 is 0 Å². The number of nitrogens with zero attached hydrogens (tertiary/aromatic N) is 1. The van der Waals surface area contributed by atoms with Crippen LogP contribution in [0.2, 0.25) is 0 Å². The van der Waals surface area contributed by atoms with Gasteiger partial charge in [0, 0.05) is 38.0 Å². The summed E-state index contributed by atoms with van der Waals surface area (Å²) < 4.78 is 15.1. The monoisotopic (exact) mass is 575 g/mol. The molecule has 10 aromatic rings. The molecule has 0 saturated carbocycles. The summed E-state index contributed by atoms with van der Waals surface area (Å²) >= 11 is 0. The second-order valence-corrected chi connectivity index (χ2v) is 11.7. The third-order valence-corrected chi connectivity index (χ3v) is 9.21. The molecule has 0 radical (unpaired) electrons. The first-order chi connectivity index (χ1) is 22.3. The summed E-state index contributed by atoms with van der Waals surface area (Å²) in [7, 11) is 0. The molecule has 0 aliphatic rings. The Labute approximate surface area is 258 Å². The number of rotatable bonds is 3. The maximum atomic E-state index is 6.53. The third kappa shape index (κ3) is 3.58. The lowest BCUT2D eigenvalue weighted by Crippen LogP contribution is -1.94. The lowest BCUT2D eigenvalue weighted by molar-refractivity contribution is 0.669. The van der Waals surface area contributed by atoms with E-state index in [4.69, 9.17) is 8.83 Å². The van der Waals surface area contributed by atoms with E-state index in [2.05, 4.69) is 138 Å². The van der Waals surface area contributed by atoms with E-state index in [0.717, 1.165) is 71.7 Å². The molecule has 0 unspecified atom stereocenters. The van der Waals surface area contributed by atoms with Crippen molar-refractivity contribution in [3.8, 4) is 27.9 Å². The summed E-state index contributed by atoms with van der Waals surface area (Å²) in [5, 5.41) is 6.93. The van der Waals surface area contributed by atoms with Crippen LogP contribution in [0, 0.1) is 0 Å². The molecule has 0 aliphatic heterocycles. The minimum Gasteiger partial charge on any atom is -0.456 e. The highest BCUT2D eigenvalue weighted by Crippen LogP contribution is 2.41. The van der Waals surface area contributed by atoms with Crippen LogP contribution in [0.15, 0.2) is 160 Å². The van der Waals surface area contributed by atoms with E-state index in [9.17, 15) is 0 Å². The average molecular weight is 576 g/mol. The van der Waals surface area contributed by atoms with Crippen LogP contribution >= 0.6 is 0 Å². The molecule has 3 nitrogen and oxygen atoms in total. The predicted molar refractivity (Wildman–Crippen MR) is 186 cm³/mol. The van der Waals surface area contributed by atoms with Gasteiger partial charge in [0.05, 0.1) is 11.0 Å². The Balaban J connectivity index is 1.13. The molecule has 0 amide bonds. The summed E-state index contributed by atoms with van der Waals surface area (Å²) in [5.41, 5.74) is 11.7. The fourth-order valence-electron chi connectivity index (χ4n) is 7.07. The van der Waals surface area contributed by atoms with Crippen molar-refractivity contribution in [1.82, 2.24) is 4.57 Å². The van der Waals surface area contributed by atoms with Gasteiger partial charge in [-0.1, -0.05) is 97.1 Å². The lowest BCUT2D eigenvalue weighted by atomic mass is 10.00. The van der Waals surface area contributed by atoms with Crippen LogP contribution in [-0.4, -0.2) is 4.57 Å². The van der Waals surface area contributed by atoms with Gasteiger partial charge in [-0.05, 0) is 76.9 Å². The van der Waals surface area contributed by atoms with Crippen LogP contribution in [0.1, 0.15) is 0 Å². The van der Waals surface area contributed by atoms with Crippen molar-refractivity contribution < 1.29 is 8.83 Å². The summed E-state index contributed by atoms with van der Waals surface area (Å²) in [6.45, 7) is 0. The Morgan fingerprint density at radius 3 is 1.69 bits per heavy atom. The Morgan fingerprint density at radius 1 is 0.356 bits per heavy atom. The standard InChI is InChI=1S/C42H25NO2/c1-2-8-26(9-3-1)28-16-22-39-35(24-28)36-25-29(17-23-40(36)44-39)27-14-18-30(19-15-27)43-37-12-6-4-10-31(37)33-20-21-34-32-11-5-7-13-38(32)45-42(34)41(33)43/h1-25H. The van der Waals surface area contributed by atoms with Gasteiger partial charge in [0.25, 0.3) is 0 Å². The largest absolute Gasteiger partial charge is 0.456 e. The van der Waals surface area contributed by atoms with E-state index >= 15 is 0 Å². The quantitative estimate of drug-likeness (QED) is 0.210. The van der Waals surface area contributed by atoms with Crippen LogP contribution in [0.4, 0.5) is 0 Å². The number of hydrogen-bond acceptors (Lipinski definition) is 2. The summed E-state index contributed by atoms with van der Waals surface area (Å²) in [5.74, 6) is 0. The molecule has 3 heterocycles. The molecular formula is C42H25NO2. The van der Waals surface area contributed by atoms with Gasteiger partial charge in [0.2, 0.25) is 0 Å². The van der Waals surface area contributed by atoms with Crippen molar-refractivity contribution in [2.24, 2.45) is 0 Å². The van der Waals surface area contributed by atoms with Crippen molar-refractivity contribution >= 4 is 65.7 Å². The Kier molecular flexibility index (Phi) is 5.00. The Bertz CT molecular complexity index is 2740. The summed E-state index contributed by atoms with van der Waals surface area (Å²) in [6, 6.07) is 53.6. The fourth-order valence-corrected chi connectivity index (χ4v) is 7.07. The van der Waals surface area contributed by atoms with E-state index in [1.54, 1.807) is 0 Å². The van der Waals surface area contributed by atoms with Gasteiger partial charge in [-0.25, -0.2) is 0 Å². The van der Waals surface area contributed by atoms with E-state index in [1.807, 2.05) is 18.2 Å². The zero-order valence-electron chi connectivity index (χ0n) is 24.2. The second kappa shape index (κ2) is 9.22. The highest BCUT2D eigenvalue weighted by Gasteiger charge is 2.19. The van der Waals surface area contributed by atoms with Crippen LogP contribution in [0.3, 0.4) is 0 Å². The van der Waals surface area contributed by atoms with Crippen LogP contribution < -0.4 is 0 Å². The highest BCUT2D eigenvalue weighted by molar-refractivity contribution is 6.21. The molecule has 0 N–H and O–H groups in total. The predicted octanol–water partition coefficient (Wildman–Crippen LogP) is 11.9. The van der Waals surface area contributed by atoms with Crippen LogP contribution in [0.5, 0.6) is 0 Å². The van der Waals surface area contributed by atoms with E-state index < -0.39 is 0 Å². The maximum absolute atomic E-state index is 6.53. The minimum atomic E-state index is 0.899. The first kappa shape index (κ1) is 24.4. The second-order valence-electron chi connectivity index (χ2n) is 11.7. The Morgan fingerprint density at radius 2 is 0.933 bits per heavy atom. The number of fused-ring (bicyclic) bond motifs is 10. The minimum absolute atomic E-state index is 0.899. The van der Waals surface area contributed by atoms with E-state index in [0.29, 0.717) is 0 Å². The smallest absolute Gasteiger partial charge is 0.160 e. The SMILES string of the molecule is c1ccc(-c2ccc3oc4ccc(-c5ccc(-n6c7ccccc7c7ccc8c9ccccc9oc8c76)cc5)cc4c3c2)cc1. The lowest BCUT2D eigenvalue weighted by Gasteiger charge is -2.10. The van der Waals surface area contributed by atoms with E-state index in [-0.39, 0.29) is 0 Å². The van der Waals surface area contributed by atoms with Gasteiger partial charge in [-0.3, -0.25) is 0 Å². The third-order valence-electron chi connectivity index (χ3n) is 9.21. The molecule has 3 heteroatoms. The zero-order chi connectivity index (χ0) is 29.5. The maximum Gasteiger partial charge on any atom is 0.160 e. The molecule has 0 atom stereocenters. The molecule has 10 rings (SSSR count). The number of hydrogen-bond donors (Lipinski definition) is 0. The molecule has 7 aromatic carbocycles. The number of benzene rings is 7. The zero-order valence-corrected chi connectivity index (χ0v) is 24.2. The van der Waals surface area contributed by atoms with Gasteiger partial charge in [-0.2, -0.15) is 0 Å². The van der Waals surface area contributed by atoms with Crippen molar-refractivity contribution in [2.75, 3.05) is 0 Å². The molecule has 0 spiro atoms. The molecule has 0 bridgehead atoms. The Hall–Kier alpha value is -6.06. The average Bonchev–Trinajstić information content (AvgIpc) is 3.78. The van der Waals surface area contributed by atoms with Crippen molar-refractivity contribution in [2.45, 2.75) is 0 Å². The van der Waals surface area contributed by atoms with Crippen molar-refractivity contribution in [1.29, 1.82) is 0 Å². The molecule has 0 saturated heterocycles. The van der Waals surface area contributed by atoms with Gasteiger partial charge in [-0.15, -0.1) is 0 Å². The fraction of sp³-hybridized carbons (Fsp3) is 0. The topological polar surface area (TPSA) is 31.2 Å². The summed E-state index contributed by atoms with van der Waals surface area (Å²) in [6.07, 6.45) is 0. The molecular weight excluding hydrogens is 550 g/mol. The molecule has 0 aliphatic carbocycles. The summed E-state index contributed by atoms with van der Waals surface area (Å²) in [4.78, 5) is 0. The molecule has 0 fully saturated rings. The van der Waals surface area contributed by atoms with Crippen LogP contribution in [-0.2, 0) is 0 Å². The first-order valence-electron chi connectivity index (χ1n) is 15.3. The van der Waals surface area contributed by atoms with Crippen molar-refractivity contribution in [3.05, 3.63) is 152 Å². The number of para-hydroxylation sites is 2. The normalized spacial score (nSPS) is 12.0. The number of aromatic nitrogens is 1.